The number of amides is 1. The number of nitrogens with zero attached hydrogens (tertiary/aromatic N) is 3. The highest BCUT2D eigenvalue weighted by Gasteiger charge is 2.44. The smallest absolute Gasteiger partial charge is 0.410 e. The summed E-state index contributed by atoms with van der Waals surface area (Å²) in [5.74, 6) is -0.0245. The highest BCUT2D eigenvalue weighted by molar-refractivity contribution is 5.97. The van der Waals surface area contributed by atoms with Gasteiger partial charge in [0.25, 0.3) is 0 Å². The lowest BCUT2D eigenvalue weighted by molar-refractivity contribution is -0.0755. The van der Waals surface area contributed by atoms with Gasteiger partial charge in [0.1, 0.15) is 6.61 Å². The summed E-state index contributed by atoms with van der Waals surface area (Å²) in [4.78, 5) is 27.3. The molecule has 2 atom stereocenters. The maximum atomic E-state index is 12.8. The van der Waals surface area contributed by atoms with Crippen molar-refractivity contribution in [3.8, 4) is 0 Å². The Morgan fingerprint density at radius 1 is 1.19 bits per heavy atom. The first-order valence-corrected chi connectivity index (χ1v) is 9.21. The van der Waals surface area contributed by atoms with Crippen LogP contribution in [0.1, 0.15) is 28.8 Å². The van der Waals surface area contributed by atoms with Crippen LogP contribution in [0, 0.1) is 5.92 Å². The number of piperidine rings is 1. The molecule has 142 valence electrons. The van der Waals surface area contributed by atoms with Crippen molar-refractivity contribution in [2.75, 3.05) is 13.2 Å². The number of rotatable bonds is 4. The highest BCUT2D eigenvalue weighted by atomic mass is 16.6. The standard InChI is InChI=1S/C20H23N3O4/c1-22-10-16(9-21-22)19(24)15-7-17-12-26-13-18(8-15)23(17)20(25)27-11-14-5-3-2-4-6-14/h2-6,9-10,15,17-18H,7-8,11-13H2,1H3. The maximum Gasteiger partial charge on any atom is 0.410 e. The van der Waals surface area contributed by atoms with Crippen molar-refractivity contribution in [1.29, 1.82) is 0 Å². The Morgan fingerprint density at radius 3 is 2.52 bits per heavy atom. The van der Waals surface area contributed by atoms with E-state index < -0.39 is 0 Å². The summed E-state index contributed by atoms with van der Waals surface area (Å²) in [6, 6.07) is 9.35. The number of morpholine rings is 1. The monoisotopic (exact) mass is 369 g/mol. The van der Waals surface area contributed by atoms with E-state index in [1.54, 1.807) is 29.0 Å². The van der Waals surface area contributed by atoms with Crippen LogP contribution in [0.4, 0.5) is 4.79 Å². The molecule has 0 spiro atoms. The summed E-state index contributed by atoms with van der Waals surface area (Å²) in [5.41, 5.74) is 1.58. The summed E-state index contributed by atoms with van der Waals surface area (Å²) < 4.78 is 12.8. The molecule has 27 heavy (non-hydrogen) atoms. The van der Waals surface area contributed by atoms with Crippen LogP contribution >= 0.6 is 0 Å². The van der Waals surface area contributed by atoms with Crippen LogP contribution in [0.5, 0.6) is 0 Å². The topological polar surface area (TPSA) is 73.7 Å². The SMILES string of the molecule is Cn1cc(C(=O)C2CC3COCC(C2)N3C(=O)OCc2ccccc2)cn1. The molecular formula is C20H23N3O4. The highest BCUT2D eigenvalue weighted by Crippen LogP contribution is 2.34. The van der Waals surface area contributed by atoms with Crippen molar-refractivity contribution in [2.24, 2.45) is 13.0 Å². The van der Waals surface area contributed by atoms with Gasteiger partial charge < -0.3 is 9.47 Å². The second-order valence-corrected chi connectivity index (χ2v) is 7.23. The molecule has 1 amide bonds. The molecule has 7 heteroatoms. The second-order valence-electron chi connectivity index (χ2n) is 7.23. The van der Waals surface area contributed by atoms with E-state index in [0.29, 0.717) is 31.6 Å². The number of aryl methyl sites for hydroxylation is 1. The minimum atomic E-state index is -0.329. The fourth-order valence-corrected chi connectivity index (χ4v) is 4.01. The van der Waals surface area contributed by atoms with Crippen molar-refractivity contribution in [2.45, 2.75) is 31.5 Å². The molecule has 4 rings (SSSR count). The number of hydrogen-bond acceptors (Lipinski definition) is 5. The third kappa shape index (κ3) is 3.73. The first-order valence-electron chi connectivity index (χ1n) is 9.21. The number of hydrogen-bond donors (Lipinski definition) is 0. The molecule has 2 unspecified atom stereocenters. The molecule has 0 N–H and O–H groups in total. The summed E-state index contributed by atoms with van der Waals surface area (Å²) in [6.07, 6.45) is 4.20. The van der Waals surface area contributed by atoms with Gasteiger partial charge in [0.2, 0.25) is 0 Å². The van der Waals surface area contributed by atoms with E-state index in [4.69, 9.17) is 9.47 Å². The lowest BCUT2D eigenvalue weighted by Crippen LogP contribution is -2.59. The Bertz CT molecular complexity index is 806. The van der Waals surface area contributed by atoms with Gasteiger partial charge >= 0.3 is 6.09 Å². The Balaban J connectivity index is 1.42. The number of aromatic nitrogens is 2. The van der Waals surface area contributed by atoms with Gasteiger partial charge in [-0.25, -0.2) is 4.79 Å². The van der Waals surface area contributed by atoms with Crippen LogP contribution < -0.4 is 0 Å². The first kappa shape index (κ1) is 17.7. The average molecular weight is 369 g/mol. The molecule has 7 nitrogen and oxygen atoms in total. The minimum Gasteiger partial charge on any atom is -0.445 e. The fraction of sp³-hybridized carbons (Fsp3) is 0.450. The number of Topliss-reactive ketones (excluding diaryl/α,β-unsaturated/α-hetero) is 1. The number of fused-ring (bicyclic) bond motifs is 2. The third-order valence-electron chi connectivity index (χ3n) is 5.30. The predicted octanol–water partition coefficient (Wildman–Crippen LogP) is 2.42. The van der Waals surface area contributed by atoms with E-state index in [1.165, 1.54) is 0 Å². The van der Waals surface area contributed by atoms with Crippen LogP contribution in [-0.4, -0.2) is 51.9 Å². The fourth-order valence-electron chi connectivity index (χ4n) is 4.01. The average Bonchev–Trinajstić information content (AvgIpc) is 3.11. The van der Waals surface area contributed by atoms with Gasteiger partial charge in [0.15, 0.2) is 5.78 Å². The van der Waals surface area contributed by atoms with Gasteiger partial charge in [0.05, 0.1) is 37.1 Å². The zero-order valence-electron chi connectivity index (χ0n) is 15.3. The van der Waals surface area contributed by atoms with Gasteiger partial charge in [-0.2, -0.15) is 5.10 Å². The van der Waals surface area contributed by atoms with E-state index in [9.17, 15) is 9.59 Å². The van der Waals surface area contributed by atoms with Crippen molar-refractivity contribution < 1.29 is 19.1 Å². The molecule has 2 saturated heterocycles. The quantitative estimate of drug-likeness (QED) is 0.774. The number of carbonyl (C=O) groups is 2. The number of carbonyl (C=O) groups excluding carboxylic acids is 2. The normalized spacial score (nSPS) is 24.5. The predicted molar refractivity (Wildman–Crippen MR) is 97.1 cm³/mol. The van der Waals surface area contributed by atoms with E-state index >= 15 is 0 Å². The number of ketones is 1. The Kier molecular flexibility index (Phi) is 4.94. The van der Waals surface area contributed by atoms with Gasteiger partial charge in [-0.1, -0.05) is 30.3 Å². The van der Waals surface area contributed by atoms with Gasteiger partial charge in [-0.15, -0.1) is 0 Å². The van der Waals surface area contributed by atoms with Crippen molar-refractivity contribution in [3.63, 3.8) is 0 Å². The van der Waals surface area contributed by atoms with Crippen molar-refractivity contribution >= 4 is 11.9 Å². The second kappa shape index (κ2) is 7.52. The van der Waals surface area contributed by atoms with Gasteiger partial charge in [0, 0.05) is 19.2 Å². The van der Waals surface area contributed by atoms with Crippen LogP contribution in [0.25, 0.3) is 0 Å². The van der Waals surface area contributed by atoms with Gasteiger partial charge in [-0.3, -0.25) is 14.4 Å². The summed E-state index contributed by atoms with van der Waals surface area (Å²) >= 11 is 0. The van der Waals surface area contributed by atoms with Crippen LogP contribution in [-0.2, 0) is 23.1 Å². The summed E-state index contributed by atoms with van der Waals surface area (Å²) in [7, 11) is 1.80. The molecule has 0 aliphatic carbocycles. The zero-order valence-corrected chi connectivity index (χ0v) is 15.3. The van der Waals surface area contributed by atoms with Crippen LogP contribution in [0.15, 0.2) is 42.7 Å². The van der Waals surface area contributed by atoms with E-state index in [2.05, 4.69) is 5.10 Å². The molecule has 2 aliphatic heterocycles. The molecule has 1 aromatic heterocycles. The molecule has 2 aromatic rings. The number of benzene rings is 1. The first-order chi connectivity index (χ1) is 13.1. The van der Waals surface area contributed by atoms with E-state index in [-0.39, 0.29) is 36.5 Å². The molecule has 0 radical (unpaired) electrons. The molecule has 2 fully saturated rings. The third-order valence-corrected chi connectivity index (χ3v) is 5.30. The van der Waals surface area contributed by atoms with E-state index in [1.807, 2.05) is 30.3 Å². The molecule has 0 saturated carbocycles. The Morgan fingerprint density at radius 2 is 1.89 bits per heavy atom. The maximum absolute atomic E-state index is 12.8. The Hall–Kier alpha value is -2.67. The van der Waals surface area contributed by atoms with Crippen LogP contribution in [0.3, 0.4) is 0 Å². The lowest BCUT2D eigenvalue weighted by atomic mass is 9.81. The molecule has 2 aliphatic rings. The van der Waals surface area contributed by atoms with Crippen LogP contribution in [0.2, 0.25) is 0 Å². The van der Waals surface area contributed by atoms with Gasteiger partial charge in [-0.05, 0) is 18.4 Å². The minimum absolute atomic E-state index is 0.0947. The number of ether oxygens (including phenoxy) is 2. The molecule has 2 bridgehead atoms. The molecular weight excluding hydrogens is 346 g/mol. The largest absolute Gasteiger partial charge is 0.445 e. The summed E-state index contributed by atoms with van der Waals surface area (Å²) in [5, 5.41) is 4.09. The Labute approximate surface area is 157 Å². The van der Waals surface area contributed by atoms with Crippen molar-refractivity contribution in [1.82, 2.24) is 14.7 Å². The summed E-state index contributed by atoms with van der Waals surface area (Å²) in [6.45, 7) is 1.12. The zero-order chi connectivity index (χ0) is 18.8. The van der Waals surface area contributed by atoms with Crippen molar-refractivity contribution in [3.05, 3.63) is 53.9 Å². The lowest BCUT2D eigenvalue weighted by Gasteiger charge is -2.47. The molecule has 3 heterocycles. The van der Waals surface area contributed by atoms with E-state index in [0.717, 1.165) is 5.56 Å². The molecule has 1 aromatic carbocycles.